The number of rotatable bonds is 4. The summed E-state index contributed by atoms with van der Waals surface area (Å²) in [6.45, 7) is 3.88. The second-order valence-corrected chi connectivity index (χ2v) is 6.04. The van der Waals surface area contributed by atoms with Crippen LogP contribution in [-0.2, 0) is 6.42 Å². The van der Waals surface area contributed by atoms with E-state index in [0.717, 1.165) is 16.3 Å². The molecule has 1 aromatic carbocycles. The number of thiol groups is 1. The molecule has 20 heavy (non-hydrogen) atoms. The number of aryl methyl sites for hydroxylation is 1. The summed E-state index contributed by atoms with van der Waals surface area (Å²) in [5.41, 5.74) is -0.00313. The van der Waals surface area contributed by atoms with Gasteiger partial charge in [0, 0.05) is 16.0 Å². The zero-order valence-corrected chi connectivity index (χ0v) is 12.9. The molecule has 1 unspecified atom stereocenters. The highest BCUT2D eigenvalue weighted by molar-refractivity contribution is 7.80. The van der Waals surface area contributed by atoms with Gasteiger partial charge in [-0.1, -0.05) is 6.92 Å². The van der Waals surface area contributed by atoms with Crippen molar-refractivity contribution in [3.63, 3.8) is 0 Å². The maximum absolute atomic E-state index is 13.6. The molecule has 1 heterocycles. The summed E-state index contributed by atoms with van der Waals surface area (Å²) in [6, 6.07) is 3.91. The Morgan fingerprint density at radius 1 is 1.55 bits per heavy atom. The molecular formula is C14H15FN2OS2. The van der Waals surface area contributed by atoms with E-state index in [2.05, 4.69) is 22.9 Å². The van der Waals surface area contributed by atoms with E-state index in [9.17, 15) is 9.18 Å². The van der Waals surface area contributed by atoms with E-state index >= 15 is 0 Å². The Morgan fingerprint density at radius 3 is 2.95 bits per heavy atom. The molecule has 2 aromatic rings. The van der Waals surface area contributed by atoms with Gasteiger partial charge in [0.25, 0.3) is 5.91 Å². The van der Waals surface area contributed by atoms with Crippen LogP contribution in [0.2, 0.25) is 0 Å². The first-order chi connectivity index (χ1) is 9.51. The number of hydrogen-bond acceptors (Lipinski definition) is 4. The summed E-state index contributed by atoms with van der Waals surface area (Å²) in [4.78, 5) is 18.0. The number of amides is 1. The summed E-state index contributed by atoms with van der Waals surface area (Å²) in [5.74, 6) is -1.01. The fourth-order valence-electron chi connectivity index (χ4n) is 1.71. The molecule has 0 aliphatic carbocycles. The van der Waals surface area contributed by atoms with Gasteiger partial charge in [-0.2, -0.15) is 0 Å². The van der Waals surface area contributed by atoms with Crippen molar-refractivity contribution < 1.29 is 9.18 Å². The molecule has 6 heteroatoms. The Labute approximate surface area is 126 Å². The third kappa shape index (κ3) is 3.37. The molecule has 0 saturated carbocycles. The number of benzene rings is 1. The van der Waals surface area contributed by atoms with Crippen molar-refractivity contribution in [2.75, 3.05) is 0 Å². The smallest absolute Gasteiger partial charge is 0.254 e. The molecule has 0 aliphatic rings. The van der Waals surface area contributed by atoms with Gasteiger partial charge in [0.05, 0.1) is 11.6 Å². The van der Waals surface area contributed by atoms with Crippen molar-refractivity contribution in [3.05, 3.63) is 45.7 Å². The van der Waals surface area contributed by atoms with Gasteiger partial charge in [-0.3, -0.25) is 4.79 Å². The SMILES string of the molecule is CCc1cnc(C(C)NC(=O)c2cc(S)ccc2F)s1. The normalized spacial score (nSPS) is 12.2. The minimum absolute atomic E-state index is 0.00313. The molecule has 0 saturated heterocycles. The van der Waals surface area contributed by atoms with Crippen LogP contribution in [0.3, 0.4) is 0 Å². The molecule has 0 aliphatic heterocycles. The summed E-state index contributed by atoms with van der Waals surface area (Å²) in [6.07, 6.45) is 2.71. The lowest BCUT2D eigenvalue weighted by molar-refractivity contribution is 0.0935. The van der Waals surface area contributed by atoms with Crippen molar-refractivity contribution in [2.24, 2.45) is 0 Å². The molecule has 1 aromatic heterocycles. The van der Waals surface area contributed by atoms with Crippen molar-refractivity contribution in [3.8, 4) is 0 Å². The fourth-order valence-corrected chi connectivity index (χ4v) is 2.77. The van der Waals surface area contributed by atoms with E-state index in [1.165, 1.54) is 18.2 Å². The lowest BCUT2D eigenvalue weighted by Crippen LogP contribution is -2.27. The Morgan fingerprint density at radius 2 is 2.30 bits per heavy atom. The number of halogens is 1. The Hall–Kier alpha value is -1.40. The minimum atomic E-state index is -0.555. The predicted molar refractivity (Wildman–Crippen MR) is 81.0 cm³/mol. The van der Waals surface area contributed by atoms with Crippen LogP contribution in [0.15, 0.2) is 29.3 Å². The topological polar surface area (TPSA) is 42.0 Å². The predicted octanol–water partition coefficient (Wildman–Crippen LogP) is 3.62. The number of nitrogens with one attached hydrogen (secondary N) is 1. The van der Waals surface area contributed by atoms with Gasteiger partial charge in [0.2, 0.25) is 0 Å². The summed E-state index contributed by atoms with van der Waals surface area (Å²) in [5, 5.41) is 3.57. The first kappa shape index (κ1) is 15.0. The molecule has 0 bridgehead atoms. The van der Waals surface area contributed by atoms with Crippen LogP contribution in [0.25, 0.3) is 0 Å². The Balaban J connectivity index is 2.12. The van der Waals surface area contributed by atoms with Crippen molar-refractivity contribution in [1.29, 1.82) is 0 Å². The van der Waals surface area contributed by atoms with E-state index in [-0.39, 0.29) is 11.6 Å². The first-order valence-electron chi connectivity index (χ1n) is 6.25. The molecule has 106 valence electrons. The van der Waals surface area contributed by atoms with Gasteiger partial charge < -0.3 is 5.32 Å². The van der Waals surface area contributed by atoms with Crippen LogP contribution in [0.4, 0.5) is 4.39 Å². The molecule has 1 N–H and O–H groups in total. The van der Waals surface area contributed by atoms with Gasteiger partial charge >= 0.3 is 0 Å². The zero-order valence-electron chi connectivity index (χ0n) is 11.2. The molecule has 0 spiro atoms. The Bertz CT molecular complexity index is 627. The van der Waals surface area contributed by atoms with E-state index in [1.807, 2.05) is 13.8 Å². The third-order valence-electron chi connectivity index (χ3n) is 2.83. The van der Waals surface area contributed by atoms with Crippen LogP contribution in [0, 0.1) is 5.82 Å². The molecule has 0 fully saturated rings. The maximum Gasteiger partial charge on any atom is 0.254 e. The van der Waals surface area contributed by atoms with Gasteiger partial charge in [-0.25, -0.2) is 9.37 Å². The monoisotopic (exact) mass is 310 g/mol. The van der Waals surface area contributed by atoms with Crippen molar-refractivity contribution >= 4 is 29.9 Å². The highest BCUT2D eigenvalue weighted by Gasteiger charge is 2.17. The van der Waals surface area contributed by atoms with Gasteiger partial charge in [0.1, 0.15) is 10.8 Å². The maximum atomic E-state index is 13.6. The zero-order chi connectivity index (χ0) is 14.7. The van der Waals surface area contributed by atoms with Gasteiger partial charge in [-0.05, 0) is 31.5 Å². The van der Waals surface area contributed by atoms with E-state index < -0.39 is 11.7 Å². The number of thiazole rings is 1. The average molecular weight is 310 g/mol. The summed E-state index contributed by atoms with van der Waals surface area (Å²) >= 11 is 5.67. The molecule has 2 rings (SSSR count). The van der Waals surface area contributed by atoms with Crippen LogP contribution < -0.4 is 5.32 Å². The summed E-state index contributed by atoms with van der Waals surface area (Å²) in [7, 11) is 0. The van der Waals surface area contributed by atoms with Crippen molar-refractivity contribution in [1.82, 2.24) is 10.3 Å². The molecule has 1 atom stereocenters. The lowest BCUT2D eigenvalue weighted by Gasteiger charge is -2.12. The van der Waals surface area contributed by atoms with Crippen LogP contribution >= 0.6 is 24.0 Å². The summed E-state index contributed by atoms with van der Waals surface area (Å²) < 4.78 is 13.6. The number of nitrogens with zero attached hydrogens (tertiary/aromatic N) is 1. The van der Waals surface area contributed by atoms with Crippen LogP contribution in [-0.4, -0.2) is 10.9 Å². The highest BCUT2D eigenvalue weighted by atomic mass is 32.1. The molecule has 1 amide bonds. The van der Waals surface area contributed by atoms with Crippen LogP contribution in [0.1, 0.15) is 40.1 Å². The second-order valence-electron chi connectivity index (χ2n) is 4.38. The first-order valence-corrected chi connectivity index (χ1v) is 7.51. The van der Waals surface area contributed by atoms with Gasteiger partial charge in [0.15, 0.2) is 0 Å². The molecule has 0 radical (unpaired) electrons. The lowest BCUT2D eigenvalue weighted by atomic mass is 10.2. The number of aromatic nitrogens is 1. The minimum Gasteiger partial charge on any atom is -0.343 e. The quantitative estimate of drug-likeness (QED) is 0.847. The molecular weight excluding hydrogens is 295 g/mol. The number of carbonyl (C=O) groups excluding carboxylic acids is 1. The largest absolute Gasteiger partial charge is 0.343 e. The number of carbonyl (C=O) groups is 1. The van der Waals surface area contributed by atoms with E-state index in [1.54, 1.807) is 17.5 Å². The van der Waals surface area contributed by atoms with Crippen LogP contribution in [0.5, 0.6) is 0 Å². The standard InChI is InChI=1S/C14H15FN2OS2/c1-3-10-7-16-14(20-10)8(2)17-13(18)11-6-9(19)4-5-12(11)15/h4-8,19H,3H2,1-2H3,(H,17,18). The fraction of sp³-hybridized carbons (Fsp3) is 0.286. The second kappa shape index (κ2) is 6.37. The van der Waals surface area contributed by atoms with E-state index in [0.29, 0.717) is 4.90 Å². The van der Waals surface area contributed by atoms with Crippen molar-refractivity contribution in [2.45, 2.75) is 31.2 Å². The van der Waals surface area contributed by atoms with E-state index in [4.69, 9.17) is 0 Å². The van der Waals surface area contributed by atoms with Gasteiger partial charge in [-0.15, -0.1) is 24.0 Å². The molecule has 3 nitrogen and oxygen atoms in total. The highest BCUT2D eigenvalue weighted by Crippen LogP contribution is 2.21. The number of hydrogen-bond donors (Lipinski definition) is 2. The third-order valence-corrected chi connectivity index (χ3v) is 4.44. The Kier molecular flexibility index (Phi) is 4.77. The average Bonchev–Trinajstić information content (AvgIpc) is 2.90.